The van der Waals surface area contributed by atoms with Gasteiger partial charge in [-0.05, 0) is 49.1 Å². The molecule has 3 aromatic rings. The van der Waals surface area contributed by atoms with Gasteiger partial charge < -0.3 is 5.21 Å². The standard InChI is InChI=1S/C21H19ClFN3OS2/c1-14-24-12-16(13-25-27)26(14)20-8-7-15(22)11-18(20)21(28-9-4-10-29-21)17-5-2-3-6-19(17)23/h2-3,5-8,11-13,27H,4,9-10H2,1H3/b25-13+. The molecular weight excluding hydrogens is 429 g/mol. The van der Waals surface area contributed by atoms with Crippen molar-refractivity contribution in [3.05, 3.63) is 82.1 Å². The second kappa shape index (κ2) is 8.42. The van der Waals surface area contributed by atoms with Gasteiger partial charge in [-0.3, -0.25) is 4.57 Å². The van der Waals surface area contributed by atoms with Crippen LogP contribution in [-0.2, 0) is 4.08 Å². The van der Waals surface area contributed by atoms with Crippen LogP contribution in [0, 0.1) is 12.7 Å². The van der Waals surface area contributed by atoms with Gasteiger partial charge in [0, 0.05) is 16.1 Å². The molecule has 4 nitrogen and oxygen atoms in total. The number of benzene rings is 2. The topological polar surface area (TPSA) is 50.4 Å². The SMILES string of the molecule is Cc1ncc(/C=N/O)n1-c1ccc(Cl)cc1C1(c2ccccc2F)SCCCS1. The molecule has 1 N–H and O–H groups in total. The van der Waals surface area contributed by atoms with Gasteiger partial charge >= 0.3 is 0 Å². The van der Waals surface area contributed by atoms with E-state index in [-0.39, 0.29) is 5.82 Å². The van der Waals surface area contributed by atoms with Gasteiger partial charge in [0.05, 0.1) is 23.8 Å². The third-order valence-electron chi connectivity index (χ3n) is 4.84. The Balaban J connectivity index is 2.02. The number of nitrogens with zero attached hydrogens (tertiary/aromatic N) is 3. The van der Waals surface area contributed by atoms with Crippen LogP contribution in [0.1, 0.15) is 29.1 Å². The second-order valence-corrected chi connectivity index (χ2v) is 9.93. The molecule has 1 fully saturated rings. The lowest BCUT2D eigenvalue weighted by molar-refractivity contribution is 0.321. The molecule has 150 valence electrons. The number of aryl methyl sites for hydroxylation is 1. The number of oxime groups is 1. The highest BCUT2D eigenvalue weighted by Gasteiger charge is 2.42. The van der Waals surface area contributed by atoms with Gasteiger partial charge in [-0.2, -0.15) is 0 Å². The molecule has 29 heavy (non-hydrogen) atoms. The third-order valence-corrected chi connectivity index (χ3v) is 8.46. The molecule has 1 saturated heterocycles. The number of hydrogen-bond acceptors (Lipinski definition) is 5. The summed E-state index contributed by atoms with van der Waals surface area (Å²) < 4.78 is 16.3. The van der Waals surface area contributed by atoms with Crippen molar-refractivity contribution in [3.8, 4) is 5.69 Å². The van der Waals surface area contributed by atoms with E-state index in [0.717, 1.165) is 35.0 Å². The lowest BCUT2D eigenvalue weighted by Crippen LogP contribution is -2.27. The van der Waals surface area contributed by atoms with E-state index in [1.165, 1.54) is 12.3 Å². The minimum Gasteiger partial charge on any atom is -0.411 e. The monoisotopic (exact) mass is 447 g/mol. The maximum absolute atomic E-state index is 15.0. The first-order valence-electron chi connectivity index (χ1n) is 9.12. The first-order chi connectivity index (χ1) is 14.1. The van der Waals surface area contributed by atoms with Crippen LogP contribution in [0.25, 0.3) is 5.69 Å². The first-order valence-corrected chi connectivity index (χ1v) is 11.5. The average Bonchev–Trinajstić information content (AvgIpc) is 3.09. The fraction of sp³-hybridized carbons (Fsp3) is 0.238. The summed E-state index contributed by atoms with van der Waals surface area (Å²) in [5.41, 5.74) is 3.00. The predicted molar refractivity (Wildman–Crippen MR) is 119 cm³/mol. The number of halogens is 2. The van der Waals surface area contributed by atoms with E-state index >= 15 is 4.39 Å². The Morgan fingerprint density at radius 2 is 1.97 bits per heavy atom. The second-order valence-electron chi connectivity index (χ2n) is 6.62. The summed E-state index contributed by atoms with van der Waals surface area (Å²) in [6.07, 6.45) is 4.05. The van der Waals surface area contributed by atoms with Gasteiger partial charge in [0.2, 0.25) is 0 Å². The number of rotatable bonds is 4. The zero-order valence-electron chi connectivity index (χ0n) is 15.7. The lowest BCUT2D eigenvalue weighted by Gasteiger charge is -2.38. The molecule has 0 bridgehead atoms. The van der Waals surface area contributed by atoms with Crippen molar-refractivity contribution in [1.82, 2.24) is 9.55 Å². The molecule has 0 unspecified atom stereocenters. The Morgan fingerprint density at radius 3 is 2.69 bits per heavy atom. The molecule has 0 saturated carbocycles. The van der Waals surface area contributed by atoms with Crippen LogP contribution in [0.15, 0.2) is 53.8 Å². The van der Waals surface area contributed by atoms with Gasteiger partial charge in [-0.1, -0.05) is 35.0 Å². The number of thioether (sulfide) groups is 2. The van der Waals surface area contributed by atoms with Crippen molar-refractivity contribution in [2.24, 2.45) is 5.16 Å². The Morgan fingerprint density at radius 1 is 1.21 bits per heavy atom. The van der Waals surface area contributed by atoms with Crippen LogP contribution in [0.5, 0.6) is 0 Å². The maximum Gasteiger partial charge on any atom is 0.129 e. The van der Waals surface area contributed by atoms with Crippen molar-refractivity contribution in [2.75, 3.05) is 11.5 Å². The van der Waals surface area contributed by atoms with Crippen molar-refractivity contribution in [1.29, 1.82) is 0 Å². The molecule has 1 aliphatic heterocycles. The molecular formula is C21H19ClFN3OS2. The van der Waals surface area contributed by atoms with E-state index in [0.29, 0.717) is 16.3 Å². The fourth-order valence-corrected chi connectivity index (χ4v) is 7.23. The summed E-state index contributed by atoms with van der Waals surface area (Å²) in [4.78, 5) is 4.37. The van der Waals surface area contributed by atoms with Gasteiger partial charge in [0.15, 0.2) is 0 Å². The van der Waals surface area contributed by atoms with E-state index in [9.17, 15) is 0 Å². The van der Waals surface area contributed by atoms with E-state index in [4.69, 9.17) is 16.8 Å². The predicted octanol–water partition coefficient (Wildman–Crippen LogP) is 5.85. The highest BCUT2D eigenvalue weighted by molar-refractivity contribution is 8.18. The van der Waals surface area contributed by atoms with Gasteiger partial charge in [-0.25, -0.2) is 9.37 Å². The quantitative estimate of drug-likeness (QED) is 0.309. The Labute approximate surface area is 182 Å². The average molecular weight is 448 g/mol. The van der Waals surface area contributed by atoms with Crippen LogP contribution in [0.2, 0.25) is 5.02 Å². The summed E-state index contributed by atoms with van der Waals surface area (Å²) in [5, 5.41) is 12.8. The van der Waals surface area contributed by atoms with E-state index in [1.807, 2.05) is 41.8 Å². The zero-order chi connectivity index (χ0) is 20.4. The summed E-state index contributed by atoms with van der Waals surface area (Å²) in [6, 6.07) is 12.6. The first kappa shape index (κ1) is 20.3. The van der Waals surface area contributed by atoms with E-state index in [1.54, 1.807) is 35.8 Å². The van der Waals surface area contributed by atoms with Crippen LogP contribution in [-0.4, -0.2) is 32.5 Å². The molecule has 0 amide bonds. The summed E-state index contributed by atoms with van der Waals surface area (Å²) in [5.74, 6) is 2.33. The zero-order valence-corrected chi connectivity index (χ0v) is 18.1. The normalized spacial score (nSPS) is 16.4. The van der Waals surface area contributed by atoms with Gasteiger partial charge in [0.1, 0.15) is 15.7 Å². The minimum atomic E-state index is -0.645. The van der Waals surface area contributed by atoms with Crippen molar-refractivity contribution < 1.29 is 9.60 Å². The maximum atomic E-state index is 15.0. The molecule has 2 aromatic carbocycles. The van der Waals surface area contributed by atoms with Gasteiger partial charge in [0.25, 0.3) is 0 Å². The van der Waals surface area contributed by atoms with Crippen LogP contribution >= 0.6 is 35.1 Å². The molecule has 0 aliphatic carbocycles. The smallest absolute Gasteiger partial charge is 0.129 e. The van der Waals surface area contributed by atoms with Crippen LogP contribution < -0.4 is 0 Å². The number of imidazole rings is 1. The largest absolute Gasteiger partial charge is 0.411 e. The molecule has 0 spiro atoms. The molecule has 2 heterocycles. The van der Waals surface area contributed by atoms with Crippen molar-refractivity contribution in [2.45, 2.75) is 17.4 Å². The molecule has 4 rings (SSSR count). The molecule has 1 aliphatic rings. The van der Waals surface area contributed by atoms with E-state index in [2.05, 4.69) is 10.1 Å². The summed E-state index contributed by atoms with van der Waals surface area (Å²) in [7, 11) is 0. The minimum absolute atomic E-state index is 0.236. The van der Waals surface area contributed by atoms with E-state index < -0.39 is 4.08 Å². The third kappa shape index (κ3) is 3.67. The number of aromatic nitrogens is 2. The van der Waals surface area contributed by atoms with Crippen LogP contribution in [0.4, 0.5) is 4.39 Å². The Kier molecular flexibility index (Phi) is 5.90. The Hall–Kier alpha value is -1.96. The van der Waals surface area contributed by atoms with Crippen molar-refractivity contribution >= 4 is 41.3 Å². The van der Waals surface area contributed by atoms with Gasteiger partial charge in [-0.15, -0.1) is 23.5 Å². The summed E-state index contributed by atoms with van der Waals surface area (Å²) in [6.45, 7) is 1.88. The van der Waals surface area contributed by atoms with Crippen molar-refractivity contribution in [3.63, 3.8) is 0 Å². The fourth-order valence-electron chi connectivity index (χ4n) is 3.61. The van der Waals surface area contributed by atoms with Crippen LogP contribution in [0.3, 0.4) is 0 Å². The highest BCUT2D eigenvalue weighted by Crippen LogP contribution is 2.57. The lowest BCUT2D eigenvalue weighted by atomic mass is 10.0. The molecule has 0 radical (unpaired) electrons. The molecule has 8 heteroatoms. The molecule has 0 atom stereocenters. The molecule has 1 aromatic heterocycles. The Bertz CT molecular complexity index is 1060. The highest BCUT2D eigenvalue weighted by atomic mass is 35.5. The number of hydrogen-bond donors (Lipinski definition) is 1. The summed E-state index contributed by atoms with van der Waals surface area (Å²) >= 11 is 9.87.